The van der Waals surface area contributed by atoms with E-state index >= 15 is 0 Å². The minimum atomic E-state index is -3.33. The number of rotatable bonds is 5. The predicted octanol–water partition coefficient (Wildman–Crippen LogP) is 3.44. The van der Waals surface area contributed by atoms with Crippen LogP contribution >= 0.6 is 0 Å². The lowest BCUT2D eigenvalue weighted by molar-refractivity contribution is 0.0645. The van der Waals surface area contributed by atoms with Crippen LogP contribution in [0.4, 0.5) is 5.69 Å². The molecule has 1 aliphatic carbocycles. The molecule has 0 bridgehead atoms. The van der Waals surface area contributed by atoms with Gasteiger partial charge >= 0.3 is 0 Å². The fourth-order valence-corrected chi connectivity index (χ4v) is 4.75. The Balaban J connectivity index is 1.62. The second kappa shape index (κ2) is 7.22. The van der Waals surface area contributed by atoms with Crippen molar-refractivity contribution in [1.29, 1.82) is 0 Å². The predicted molar refractivity (Wildman–Crippen MR) is 110 cm³/mol. The number of anilines is 1. The van der Waals surface area contributed by atoms with Crippen LogP contribution in [-0.4, -0.2) is 31.6 Å². The third-order valence-electron chi connectivity index (χ3n) is 5.40. The molecule has 148 valence electrons. The van der Waals surface area contributed by atoms with Crippen LogP contribution in [0.2, 0.25) is 0 Å². The molecule has 2 aromatic rings. The van der Waals surface area contributed by atoms with E-state index < -0.39 is 10.0 Å². The molecule has 0 spiro atoms. The van der Waals surface area contributed by atoms with Crippen molar-refractivity contribution in [3.63, 3.8) is 0 Å². The highest BCUT2D eigenvalue weighted by Gasteiger charge is 2.31. The highest BCUT2D eigenvalue weighted by Crippen LogP contribution is 2.32. The van der Waals surface area contributed by atoms with Crippen LogP contribution in [0.1, 0.15) is 47.2 Å². The highest BCUT2D eigenvalue weighted by atomic mass is 32.2. The van der Waals surface area contributed by atoms with E-state index in [-0.39, 0.29) is 5.91 Å². The number of nitrogens with one attached hydrogen (secondary N) is 2. The van der Waals surface area contributed by atoms with Gasteiger partial charge in [0, 0.05) is 17.3 Å². The maximum Gasteiger partial charge on any atom is 0.268 e. The molecular formula is C21H25N3O3S. The summed E-state index contributed by atoms with van der Waals surface area (Å²) in [6.45, 7) is 2.51. The average Bonchev–Trinajstić information content (AvgIpc) is 3.22. The van der Waals surface area contributed by atoms with Gasteiger partial charge in [0.05, 0.1) is 12.8 Å². The van der Waals surface area contributed by atoms with Crippen molar-refractivity contribution in [1.82, 2.24) is 10.4 Å². The summed E-state index contributed by atoms with van der Waals surface area (Å²) in [6, 6.07) is 11.7. The average molecular weight is 400 g/mol. The van der Waals surface area contributed by atoms with Gasteiger partial charge in [-0.2, -0.15) is 0 Å². The van der Waals surface area contributed by atoms with Crippen molar-refractivity contribution in [2.75, 3.05) is 11.0 Å². The maximum atomic E-state index is 12.9. The number of hydrogen-bond donors (Lipinski definition) is 2. The largest absolute Gasteiger partial charge is 0.284 e. The Morgan fingerprint density at radius 1 is 1.07 bits per heavy atom. The van der Waals surface area contributed by atoms with Crippen molar-refractivity contribution in [2.45, 2.75) is 45.2 Å². The van der Waals surface area contributed by atoms with Crippen LogP contribution in [0.15, 0.2) is 36.4 Å². The Bertz CT molecular complexity index is 1030. The van der Waals surface area contributed by atoms with Gasteiger partial charge in [-0.3, -0.25) is 14.5 Å². The van der Waals surface area contributed by atoms with E-state index in [2.05, 4.69) is 10.1 Å². The molecule has 2 aromatic carbocycles. The van der Waals surface area contributed by atoms with Gasteiger partial charge in [-0.25, -0.2) is 13.8 Å². The lowest BCUT2D eigenvalue weighted by Crippen LogP contribution is -2.43. The lowest BCUT2D eigenvalue weighted by Gasteiger charge is -2.22. The molecule has 1 fully saturated rings. The van der Waals surface area contributed by atoms with Crippen molar-refractivity contribution < 1.29 is 13.2 Å². The fourth-order valence-electron chi connectivity index (χ4n) is 4.19. The number of sulfonamides is 1. The Labute approximate surface area is 166 Å². The van der Waals surface area contributed by atoms with Gasteiger partial charge in [0.25, 0.3) is 5.91 Å². The van der Waals surface area contributed by atoms with Crippen LogP contribution < -0.4 is 10.1 Å². The molecule has 0 radical (unpaired) electrons. The van der Waals surface area contributed by atoms with Gasteiger partial charge in [0.1, 0.15) is 0 Å². The zero-order valence-corrected chi connectivity index (χ0v) is 17.0. The number of hydrogen-bond acceptors (Lipinski definition) is 4. The summed E-state index contributed by atoms with van der Waals surface area (Å²) in [5, 5.41) is 1.75. The van der Waals surface area contributed by atoms with Gasteiger partial charge in [-0.15, -0.1) is 0 Å². The Kier molecular flexibility index (Phi) is 4.89. The molecule has 28 heavy (non-hydrogen) atoms. The molecule has 7 heteroatoms. The molecule has 1 amide bonds. The second-order valence-corrected chi connectivity index (χ2v) is 9.53. The molecule has 0 aromatic heterocycles. The number of benzene rings is 2. The quantitative estimate of drug-likeness (QED) is 0.807. The van der Waals surface area contributed by atoms with Crippen LogP contribution in [0.3, 0.4) is 0 Å². The summed E-state index contributed by atoms with van der Waals surface area (Å²) >= 11 is 0. The maximum absolute atomic E-state index is 12.9. The summed E-state index contributed by atoms with van der Waals surface area (Å²) < 4.78 is 25.5. The SMILES string of the molecule is Cc1cc(-c2cccc(NS(C)(=O)=O)c2)cc2c1C(=O)N(NC1CCCC1)C2. The number of fused-ring (bicyclic) bond motifs is 1. The van der Waals surface area contributed by atoms with Crippen LogP contribution in [0.25, 0.3) is 11.1 Å². The topological polar surface area (TPSA) is 78.5 Å². The number of amides is 1. The summed E-state index contributed by atoms with van der Waals surface area (Å²) in [5.74, 6) is 0.0402. The lowest BCUT2D eigenvalue weighted by atomic mass is 9.96. The number of carbonyl (C=O) groups is 1. The van der Waals surface area contributed by atoms with E-state index in [0.29, 0.717) is 18.3 Å². The molecule has 4 rings (SSSR count). The monoisotopic (exact) mass is 399 g/mol. The minimum Gasteiger partial charge on any atom is -0.284 e. The molecule has 0 saturated heterocycles. The molecule has 2 aliphatic rings. The summed E-state index contributed by atoms with van der Waals surface area (Å²) in [5.41, 5.74) is 8.54. The van der Waals surface area contributed by atoms with Crippen LogP contribution in [0, 0.1) is 6.92 Å². The summed E-state index contributed by atoms with van der Waals surface area (Å²) in [4.78, 5) is 12.9. The molecular weight excluding hydrogens is 374 g/mol. The first-order valence-corrected chi connectivity index (χ1v) is 11.5. The zero-order valence-electron chi connectivity index (χ0n) is 16.2. The van der Waals surface area contributed by atoms with Gasteiger partial charge in [-0.05, 0) is 60.2 Å². The molecule has 1 heterocycles. The van der Waals surface area contributed by atoms with Crippen molar-refractivity contribution >= 4 is 21.6 Å². The van der Waals surface area contributed by atoms with E-state index in [1.54, 1.807) is 11.1 Å². The van der Waals surface area contributed by atoms with Gasteiger partial charge in [-0.1, -0.05) is 31.0 Å². The van der Waals surface area contributed by atoms with Crippen molar-refractivity contribution in [3.05, 3.63) is 53.1 Å². The molecule has 6 nitrogen and oxygen atoms in total. The zero-order chi connectivity index (χ0) is 19.9. The van der Waals surface area contributed by atoms with Gasteiger partial charge in [0.2, 0.25) is 10.0 Å². The minimum absolute atomic E-state index is 0.0402. The van der Waals surface area contributed by atoms with E-state index in [9.17, 15) is 13.2 Å². The normalized spacial score (nSPS) is 17.2. The Hall–Kier alpha value is -2.38. The van der Waals surface area contributed by atoms with Crippen molar-refractivity contribution in [3.8, 4) is 11.1 Å². The highest BCUT2D eigenvalue weighted by molar-refractivity contribution is 7.92. The smallest absolute Gasteiger partial charge is 0.268 e. The Morgan fingerprint density at radius 2 is 1.82 bits per heavy atom. The molecule has 0 unspecified atom stereocenters. The van der Waals surface area contributed by atoms with E-state index in [0.717, 1.165) is 46.9 Å². The van der Waals surface area contributed by atoms with E-state index in [4.69, 9.17) is 0 Å². The van der Waals surface area contributed by atoms with E-state index in [1.807, 2.05) is 37.3 Å². The molecule has 1 saturated carbocycles. The number of aryl methyl sites for hydroxylation is 1. The third kappa shape index (κ3) is 3.91. The molecule has 1 aliphatic heterocycles. The Morgan fingerprint density at radius 3 is 2.54 bits per heavy atom. The van der Waals surface area contributed by atoms with Crippen LogP contribution in [0.5, 0.6) is 0 Å². The fraction of sp³-hybridized carbons (Fsp3) is 0.381. The first-order valence-electron chi connectivity index (χ1n) is 9.60. The standard InChI is InChI=1S/C21H25N3O3S/c1-14-10-16(15-6-5-9-19(12-15)23-28(2,26)27)11-17-13-24(21(25)20(14)17)22-18-7-3-4-8-18/h5-6,9-12,18,22-23H,3-4,7-8,13H2,1-2H3. The van der Waals surface area contributed by atoms with Crippen LogP contribution in [-0.2, 0) is 16.6 Å². The summed E-state index contributed by atoms with van der Waals surface area (Å²) in [7, 11) is -3.33. The molecule has 0 atom stereocenters. The summed E-state index contributed by atoms with van der Waals surface area (Å²) in [6.07, 6.45) is 5.80. The molecule has 2 N–H and O–H groups in total. The van der Waals surface area contributed by atoms with E-state index in [1.165, 1.54) is 12.8 Å². The number of hydrazine groups is 1. The first kappa shape index (κ1) is 19.0. The second-order valence-electron chi connectivity index (χ2n) is 7.78. The third-order valence-corrected chi connectivity index (χ3v) is 6.00. The van der Waals surface area contributed by atoms with Crippen molar-refractivity contribution in [2.24, 2.45) is 0 Å². The van der Waals surface area contributed by atoms with Gasteiger partial charge in [0.15, 0.2) is 0 Å². The van der Waals surface area contributed by atoms with Gasteiger partial charge < -0.3 is 0 Å². The number of carbonyl (C=O) groups excluding carboxylic acids is 1. The number of nitrogens with zero attached hydrogens (tertiary/aromatic N) is 1. The first-order chi connectivity index (χ1) is 13.3.